The van der Waals surface area contributed by atoms with Crippen LogP contribution >= 0.6 is 0 Å². The maximum atomic E-state index is 8.62. The van der Waals surface area contributed by atoms with Gasteiger partial charge >= 0.3 is 0 Å². The number of hydrogen-bond acceptors (Lipinski definition) is 2. The van der Waals surface area contributed by atoms with Crippen molar-refractivity contribution < 1.29 is 0 Å². The summed E-state index contributed by atoms with van der Waals surface area (Å²) in [6.45, 7) is 4.38. The summed E-state index contributed by atoms with van der Waals surface area (Å²) in [6.07, 6.45) is 5.69. The first-order chi connectivity index (χ1) is 6.31. The van der Waals surface area contributed by atoms with E-state index in [0.717, 1.165) is 12.3 Å². The molecule has 1 aliphatic carbocycles. The Morgan fingerprint density at radius 1 is 1.38 bits per heavy atom. The molecular formula is C11H20N2. The average molecular weight is 180 g/mol. The second-order valence-corrected chi connectivity index (χ2v) is 3.99. The molecule has 0 aliphatic heterocycles. The van der Waals surface area contributed by atoms with E-state index in [-0.39, 0.29) is 0 Å². The Morgan fingerprint density at radius 3 is 2.46 bits per heavy atom. The second-order valence-electron chi connectivity index (χ2n) is 3.99. The Balaban J connectivity index is 2.29. The van der Waals surface area contributed by atoms with E-state index in [1.807, 2.05) is 0 Å². The third-order valence-electron chi connectivity index (χ3n) is 2.91. The van der Waals surface area contributed by atoms with E-state index in [2.05, 4.69) is 25.2 Å². The van der Waals surface area contributed by atoms with Crippen LogP contribution in [0.15, 0.2) is 0 Å². The lowest BCUT2D eigenvalue weighted by Gasteiger charge is -2.22. The summed E-state index contributed by atoms with van der Waals surface area (Å²) in [7, 11) is 0. The maximum Gasteiger partial charge on any atom is 0.0638 e. The first-order valence-electron chi connectivity index (χ1n) is 5.44. The zero-order chi connectivity index (χ0) is 9.68. The average Bonchev–Trinajstić information content (AvgIpc) is 2.95. The Bertz CT molecular complexity index is 179. The van der Waals surface area contributed by atoms with Crippen LogP contribution in [0.4, 0.5) is 0 Å². The van der Waals surface area contributed by atoms with Crippen molar-refractivity contribution >= 4 is 0 Å². The molecule has 74 valence electrons. The van der Waals surface area contributed by atoms with Crippen LogP contribution in [0.25, 0.3) is 0 Å². The Hall–Kier alpha value is -0.550. The highest BCUT2D eigenvalue weighted by Crippen LogP contribution is 2.34. The van der Waals surface area contributed by atoms with E-state index in [1.54, 1.807) is 0 Å². The molecule has 1 rings (SSSR count). The van der Waals surface area contributed by atoms with Crippen molar-refractivity contribution in [2.24, 2.45) is 5.92 Å². The molecule has 0 aromatic heterocycles. The molecule has 0 aromatic carbocycles. The molecule has 13 heavy (non-hydrogen) atoms. The van der Waals surface area contributed by atoms with Gasteiger partial charge in [0.15, 0.2) is 0 Å². The Kier molecular flexibility index (Phi) is 4.24. The molecule has 0 heterocycles. The Morgan fingerprint density at radius 2 is 2.08 bits per heavy atom. The minimum atomic E-state index is 0.413. The van der Waals surface area contributed by atoms with E-state index in [0.29, 0.717) is 18.5 Å². The van der Waals surface area contributed by atoms with Crippen molar-refractivity contribution in [3.63, 3.8) is 0 Å². The molecule has 2 atom stereocenters. The molecular weight excluding hydrogens is 160 g/mol. The highest BCUT2D eigenvalue weighted by molar-refractivity contribution is 4.89. The lowest BCUT2D eigenvalue weighted by atomic mass is 10.1. The minimum absolute atomic E-state index is 0.413. The van der Waals surface area contributed by atoms with Crippen molar-refractivity contribution in [2.45, 2.75) is 58.0 Å². The minimum Gasteiger partial charge on any atom is -0.310 e. The molecule has 1 saturated carbocycles. The SMILES string of the molecule is CCC(CC#N)NC(CC)C1CC1. The molecule has 0 saturated heterocycles. The largest absolute Gasteiger partial charge is 0.310 e. The van der Waals surface area contributed by atoms with E-state index in [9.17, 15) is 0 Å². The monoisotopic (exact) mass is 180 g/mol. The fourth-order valence-electron chi connectivity index (χ4n) is 1.82. The number of hydrogen-bond donors (Lipinski definition) is 1. The van der Waals surface area contributed by atoms with Gasteiger partial charge in [-0.2, -0.15) is 5.26 Å². The fourth-order valence-corrected chi connectivity index (χ4v) is 1.82. The summed E-state index contributed by atoms with van der Waals surface area (Å²) in [6, 6.07) is 3.32. The van der Waals surface area contributed by atoms with Crippen molar-refractivity contribution in [3.05, 3.63) is 0 Å². The third-order valence-corrected chi connectivity index (χ3v) is 2.91. The summed E-state index contributed by atoms with van der Waals surface area (Å²) in [4.78, 5) is 0. The summed E-state index contributed by atoms with van der Waals surface area (Å²) >= 11 is 0. The molecule has 0 radical (unpaired) electrons. The fraction of sp³-hybridized carbons (Fsp3) is 0.909. The molecule has 0 aromatic rings. The topological polar surface area (TPSA) is 35.8 Å². The molecule has 1 fully saturated rings. The molecule has 1 aliphatic rings. The van der Waals surface area contributed by atoms with Gasteiger partial charge in [0.1, 0.15) is 0 Å². The van der Waals surface area contributed by atoms with E-state index < -0.39 is 0 Å². The predicted molar refractivity (Wildman–Crippen MR) is 54.2 cm³/mol. The van der Waals surface area contributed by atoms with Gasteiger partial charge in [-0.1, -0.05) is 13.8 Å². The Labute approximate surface area is 81.3 Å². The van der Waals surface area contributed by atoms with Crippen molar-refractivity contribution in [3.8, 4) is 6.07 Å². The zero-order valence-corrected chi connectivity index (χ0v) is 8.71. The smallest absolute Gasteiger partial charge is 0.0638 e. The van der Waals surface area contributed by atoms with E-state index in [4.69, 9.17) is 5.26 Å². The molecule has 0 spiro atoms. The summed E-state index contributed by atoms with van der Waals surface area (Å²) in [5.41, 5.74) is 0. The van der Waals surface area contributed by atoms with Crippen LogP contribution in [-0.4, -0.2) is 12.1 Å². The van der Waals surface area contributed by atoms with Gasteiger partial charge in [0, 0.05) is 12.1 Å². The zero-order valence-electron chi connectivity index (χ0n) is 8.71. The van der Waals surface area contributed by atoms with Gasteiger partial charge in [-0.05, 0) is 31.6 Å². The maximum absolute atomic E-state index is 8.62. The van der Waals surface area contributed by atoms with E-state index in [1.165, 1.54) is 19.3 Å². The van der Waals surface area contributed by atoms with Crippen LogP contribution in [-0.2, 0) is 0 Å². The van der Waals surface area contributed by atoms with Gasteiger partial charge in [-0.25, -0.2) is 0 Å². The highest BCUT2D eigenvalue weighted by Gasteiger charge is 2.30. The molecule has 2 unspecified atom stereocenters. The molecule has 1 N–H and O–H groups in total. The second kappa shape index (κ2) is 5.24. The predicted octanol–water partition coefficient (Wildman–Crippen LogP) is 2.46. The first-order valence-corrected chi connectivity index (χ1v) is 5.44. The molecule has 0 amide bonds. The van der Waals surface area contributed by atoms with Gasteiger partial charge in [0.05, 0.1) is 12.5 Å². The summed E-state index contributed by atoms with van der Waals surface area (Å²) < 4.78 is 0. The van der Waals surface area contributed by atoms with Crippen molar-refractivity contribution in [1.29, 1.82) is 5.26 Å². The lowest BCUT2D eigenvalue weighted by molar-refractivity contribution is 0.379. The number of nitrogens with zero attached hydrogens (tertiary/aromatic N) is 1. The summed E-state index contributed by atoms with van der Waals surface area (Å²) in [5.74, 6) is 0.901. The molecule has 2 heteroatoms. The number of nitrogens with one attached hydrogen (secondary N) is 1. The molecule has 2 nitrogen and oxygen atoms in total. The van der Waals surface area contributed by atoms with Crippen LogP contribution < -0.4 is 5.32 Å². The standard InChI is InChI=1S/C11H20N2/c1-3-10(7-8-12)13-11(4-2)9-5-6-9/h9-11,13H,3-7H2,1-2H3. The van der Waals surface area contributed by atoms with E-state index >= 15 is 0 Å². The van der Waals surface area contributed by atoms with Crippen LogP contribution in [0.2, 0.25) is 0 Å². The van der Waals surface area contributed by atoms with Crippen molar-refractivity contribution in [1.82, 2.24) is 5.32 Å². The molecule has 0 bridgehead atoms. The third kappa shape index (κ3) is 3.36. The van der Waals surface area contributed by atoms with Gasteiger partial charge in [0.25, 0.3) is 0 Å². The normalized spacial score (nSPS) is 20.7. The quantitative estimate of drug-likeness (QED) is 0.681. The number of rotatable bonds is 6. The van der Waals surface area contributed by atoms with Gasteiger partial charge < -0.3 is 5.32 Å². The van der Waals surface area contributed by atoms with Crippen LogP contribution in [0, 0.1) is 17.2 Å². The van der Waals surface area contributed by atoms with Crippen LogP contribution in [0.1, 0.15) is 46.0 Å². The highest BCUT2D eigenvalue weighted by atomic mass is 15.0. The van der Waals surface area contributed by atoms with Gasteiger partial charge in [0.2, 0.25) is 0 Å². The van der Waals surface area contributed by atoms with Gasteiger partial charge in [-0.3, -0.25) is 0 Å². The van der Waals surface area contributed by atoms with Gasteiger partial charge in [-0.15, -0.1) is 0 Å². The lowest BCUT2D eigenvalue weighted by Crippen LogP contribution is -2.38. The number of nitriles is 1. The first kappa shape index (κ1) is 10.5. The van der Waals surface area contributed by atoms with Crippen molar-refractivity contribution in [2.75, 3.05) is 0 Å². The van der Waals surface area contributed by atoms with Crippen LogP contribution in [0.3, 0.4) is 0 Å². The van der Waals surface area contributed by atoms with Crippen LogP contribution in [0.5, 0.6) is 0 Å². The summed E-state index contributed by atoms with van der Waals surface area (Å²) in [5, 5.41) is 12.2.